The van der Waals surface area contributed by atoms with Crippen LogP contribution in [0.15, 0.2) is 49.1 Å². The highest BCUT2D eigenvalue weighted by Crippen LogP contribution is 2.38. The summed E-state index contributed by atoms with van der Waals surface area (Å²) in [6.07, 6.45) is 7.27. The Morgan fingerprint density at radius 1 is 1.10 bits per heavy atom. The molecule has 0 unspecified atom stereocenters. The smallest absolute Gasteiger partial charge is 0.195 e. The van der Waals surface area contributed by atoms with E-state index in [1.807, 2.05) is 22.9 Å². The van der Waals surface area contributed by atoms with Crippen molar-refractivity contribution in [1.29, 1.82) is 0 Å². The Balaban J connectivity index is 1.52. The molecule has 1 aliphatic rings. The number of ketones is 1. The maximum atomic E-state index is 14.0. The molecule has 2 aromatic heterocycles. The molecule has 2 heterocycles. The number of hydrogen-bond acceptors (Lipinski definition) is 4. The Kier molecular flexibility index (Phi) is 4.94. The molecule has 0 bridgehead atoms. The Labute approximate surface area is 180 Å². The Morgan fingerprint density at radius 2 is 1.90 bits per heavy atom. The average Bonchev–Trinajstić information content (AvgIpc) is 3.38. The molecular formula is C23H16F3N3OS. The lowest BCUT2D eigenvalue weighted by molar-refractivity contribution is 0.0990. The second kappa shape index (κ2) is 7.77. The predicted octanol–water partition coefficient (Wildman–Crippen LogP) is 5.33. The maximum absolute atomic E-state index is 14.0. The number of thiazole rings is 1. The Bertz CT molecular complexity index is 1270. The fourth-order valence-electron chi connectivity index (χ4n) is 3.84. The van der Waals surface area contributed by atoms with Crippen LogP contribution in [0.25, 0.3) is 16.1 Å². The molecule has 0 atom stereocenters. The number of benzene rings is 2. The lowest BCUT2D eigenvalue weighted by Gasteiger charge is -2.09. The summed E-state index contributed by atoms with van der Waals surface area (Å²) in [6, 6.07) is 7.31. The van der Waals surface area contributed by atoms with Gasteiger partial charge in [0, 0.05) is 42.2 Å². The first-order chi connectivity index (χ1) is 15.0. The van der Waals surface area contributed by atoms with E-state index in [-0.39, 0.29) is 5.01 Å². The second-order valence-electron chi connectivity index (χ2n) is 7.41. The second-order valence-corrected chi connectivity index (χ2v) is 8.41. The quantitative estimate of drug-likeness (QED) is 0.404. The van der Waals surface area contributed by atoms with E-state index in [0.717, 1.165) is 34.7 Å². The van der Waals surface area contributed by atoms with Crippen molar-refractivity contribution in [2.45, 2.75) is 25.7 Å². The van der Waals surface area contributed by atoms with Crippen molar-refractivity contribution in [3.63, 3.8) is 0 Å². The molecule has 0 radical (unpaired) electrons. The van der Waals surface area contributed by atoms with Crippen molar-refractivity contribution in [2.75, 3.05) is 0 Å². The number of aryl methyl sites for hydroxylation is 2. The summed E-state index contributed by atoms with van der Waals surface area (Å²) >= 11 is 1.24. The van der Waals surface area contributed by atoms with Crippen LogP contribution in [0.4, 0.5) is 13.2 Å². The molecule has 0 saturated heterocycles. The molecule has 0 amide bonds. The summed E-state index contributed by atoms with van der Waals surface area (Å²) in [5.41, 5.74) is 3.49. The molecular weight excluding hydrogens is 423 g/mol. The minimum Gasteiger partial charge on any atom is -0.306 e. The van der Waals surface area contributed by atoms with Crippen molar-refractivity contribution in [2.24, 2.45) is 0 Å². The number of carbonyl (C=O) groups is 1. The molecule has 0 aliphatic heterocycles. The van der Waals surface area contributed by atoms with Gasteiger partial charge < -0.3 is 4.57 Å². The Hall–Kier alpha value is -3.26. The van der Waals surface area contributed by atoms with Crippen molar-refractivity contribution >= 4 is 17.1 Å². The van der Waals surface area contributed by atoms with Gasteiger partial charge in [-0.1, -0.05) is 6.07 Å². The van der Waals surface area contributed by atoms with Crippen LogP contribution in [-0.4, -0.2) is 20.3 Å². The third kappa shape index (κ3) is 3.67. The number of aromatic nitrogens is 3. The lowest BCUT2D eigenvalue weighted by atomic mass is 10.0. The zero-order valence-electron chi connectivity index (χ0n) is 16.2. The van der Waals surface area contributed by atoms with Gasteiger partial charge in [-0.2, -0.15) is 0 Å². The van der Waals surface area contributed by atoms with Crippen LogP contribution in [0, 0.1) is 17.5 Å². The Morgan fingerprint density at radius 3 is 2.65 bits per heavy atom. The maximum Gasteiger partial charge on any atom is 0.195 e. The van der Waals surface area contributed by atoms with Crippen LogP contribution in [0.5, 0.6) is 0 Å². The highest BCUT2D eigenvalue weighted by atomic mass is 32.1. The highest BCUT2D eigenvalue weighted by molar-refractivity contribution is 7.17. The lowest BCUT2D eigenvalue weighted by Crippen LogP contribution is -2.08. The van der Waals surface area contributed by atoms with Crippen molar-refractivity contribution in [3.8, 4) is 16.1 Å². The fourth-order valence-corrected chi connectivity index (χ4v) is 4.94. The van der Waals surface area contributed by atoms with Crippen molar-refractivity contribution < 1.29 is 18.0 Å². The minimum absolute atomic E-state index is 0.203. The number of fused-ring (bicyclic) bond motifs is 3. The van der Waals surface area contributed by atoms with Crippen molar-refractivity contribution in [1.82, 2.24) is 14.5 Å². The van der Waals surface area contributed by atoms with E-state index in [9.17, 15) is 18.0 Å². The molecule has 1 aliphatic carbocycles. The summed E-state index contributed by atoms with van der Waals surface area (Å²) in [6.45, 7) is 0. The first-order valence-corrected chi connectivity index (χ1v) is 10.6. The summed E-state index contributed by atoms with van der Waals surface area (Å²) < 4.78 is 43.0. The molecule has 8 heteroatoms. The van der Waals surface area contributed by atoms with Gasteiger partial charge in [-0.25, -0.2) is 23.1 Å². The predicted molar refractivity (Wildman–Crippen MR) is 111 cm³/mol. The number of rotatable bonds is 4. The van der Waals surface area contributed by atoms with Crippen LogP contribution >= 0.6 is 11.3 Å². The SMILES string of the molecule is O=C(Cc1c(F)cc(F)cc1F)c1nc2c(s1)-c1cc(-n3ccnc3)ccc1CCC2. The number of nitrogens with zero attached hydrogens (tertiary/aromatic N) is 3. The van der Waals surface area contributed by atoms with Gasteiger partial charge in [-0.15, -0.1) is 11.3 Å². The van der Waals surface area contributed by atoms with Crippen LogP contribution < -0.4 is 0 Å². The summed E-state index contributed by atoms with van der Waals surface area (Å²) in [5, 5.41) is 0.203. The van der Waals surface area contributed by atoms with Crippen LogP contribution in [0.1, 0.15) is 33.0 Å². The van der Waals surface area contributed by atoms with E-state index < -0.39 is 35.2 Å². The van der Waals surface area contributed by atoms with Gasteiger partial charge in [0.2, 0.25) is 0 Å². The van der Waals surface area contributed by atoms with Gasteiger partial charge in [0.15, 0.2) is 10.8 Å². The molecule has 0 N–H and O–H groups in total. The number of Topliss-reactive ketones (excluding diaryl/α,β-unsaturated/α-hetero) is 1. The van der Waals surface area contributed by atoms with E-state index in [0.29, 0.717) is 18.6 Å². The summed E-state index contributed by atoms with van der Waals surface area (Å²) in [4.78, 5) is 22.3. The van der Waals surface area contributed by atoms with Gasteiger partial charge in [-0.3, -0.25) is 4.79 Å². The van der Waals surface area contributed by atoms with Crippen molar-refractivity contribution in [3.05, 3.63) is 88.3 Å². The highest BCUT2D eigenvalue weighted by Gasteiger charge is 2.24. The number of imidazole rings is 1. The molecule has 0 fully saturated rings. The monoisotopic (exact) mass is 439 g/mol. The molecule has 5 rings (SSSR count). The van der Waals surface area contributed by atoms with E-state index in [1.165, 1.54) is 16.9 Å². The summed E-state index contributed by atoms with van der Waals surface area (Å²) in [5.74, 6) is -3.65. The molecule has 0 saturated carbocycles. The van der Waals surface area contributed by atoms with E-state index in [2.05, 4.69) is 16.0 Å². The first kappa shape index (κ1) is 19.7. The number of carbonyl (C=O) groups excluding carboxylic acids is 1. The number of hydrogen-bond donors (Lipinski definition) is 0. The van der Waals surface area contributed by atoms with Gasteiger partial charge >= 0.3 is 0 Å². The summed E-state index contributed by atoms with van der Waals surface area (Å²) in [7, 11) is 0. The van der Waals surface area contributed by atoms with Gasteiger partial charge in [0.05, 0.1) is 16.9 Å². The first-order valence-electron chi connectivity index (χ1n) is 9.77. The van der Waals surface area contributed by atoms with E-state index in [4.69, 9.17) is 0 Å². The van der Waals surface area contributed by atoms with Gasteiger partial charge in [0.25, 0.3) is 0 Å². The third-order valence-electron chi connectivity index (χ3n) is 5.38. The largest absolute Gasteiger partial charge is 0.306 e. The van der Waals surface area contributed by atoms with Gasteiger partial charge in [0.1, 0.15) is 17.5 Å². The molecule has 4 aromatic rings. The fraction of sp³-hybridized carbons (Fsp3) is 0.174. The molecule has 31 heavy (non-hydrogen) atoms. The molecule has 156 valence electrons. The van der Waals surface area contributed by atoms with E-state index >= 15 is 0 Å². The molecule has 4 nitrogen and oxygen atoms in total. The molecule has 0 spiro atoms. The minimum atomic E-state index is -1.07. The topological polar surface area (TPSA) is 47.8 Å². The van der Waals surface area contributed by atoms with Crippen LogP contribution in [0.3, 0.4) is 0 Å². The van der Waals surface area contributed by atoms with Crippen LogP contribution in [-0.2, 0) is 19.3 Å². The number of halogens is 3. The normalized spacial score (nSPS) is 12.9. The van der Waals surface area contributed by atoms with Crippen LogP contribution in [0.2, 0.25) is 0 Å². The zero-order chi connectivity index (χ0) is 21.5. The standard InChI is InChI=1S/C23H16F3N3OS/c24-14-8-18(25)17(19(26)9-14)11-21(30)23-28-20-3-1-2-13-4-5-15(29-7-6-27-12-29)10-16(13)22(20)31-23/h4-10,12H,1-3,11H2. The van der Waals surface area contributed by atoms with Gasteiger partial charge in [-0.05, 0) is 42.5 Å². The third-order valence-corrected chi connectivity index (χ3v) is 6.55. The van der Waals surface area contributed by atoms with E-state index in [1.54, 1.807) is 12.5 Å². The average molecular weight is 439 g/mol. The molecule has 2 aromatic carbocycles. The zero-order valence-corrected chi connectivity index (χ0v) is 17.1.